The van der Waals surface area contributed by atoms with Gasteiger partial charge in [-0.2, -0.15) is 4.98 Å². The number of hydrogen-bond acceptors (Lipinski definition) is 6. The Balaban J connectivity index is 1.50. The highest BCUT2D eigenvalue weighted by Gasteiger charge is 2.25. The highest BCUT2D eigenvalue weighted by atomic mass is 16.5. The number of nitrogens with zero attached hydrogens (tertiary/aromatic N) is 2. The molecule has 21 heavy (non-hydrogen) atoms. The fourth-order valence-electron chi connectivity index (χ4n) is 2.11. The molecule has 2 aromatic rings. The van der Waals surface area contributed by atoms with Crippen LogP contribution in [0.2, 0.25) is 0 Å². The van der Waals surface area contributed by atoms with E-state index in [0.29, 0.717) is 37.0 Å². The summed E-state index contributed by atoms with van der Waals surface area (Å²) in [6.45, 7) is 2.63. The van der Waals surface area contributed by atoms with Crippen LogP contribution in [0.5, 0.6) is 5.75 Å². The Labute approximate surface area is 121 Å². The second-order valence-electron chi connectivity index (χ2n) is 4.76. The van der Waals surface area contributed by atoms with Crippen LogP contribution in [0.1, 0.15) is 11.7 Å². The van der Waals surface area contributed by atoms with Crippen LogP contribution >= 0.6 is 0 Å². The van der Waals surface area contributed by atoms with Crippen molar-refractivity contribution in [2.75, 3.05) is 18.4 Å². The third-order valence-electron chi connectivity index (χ3n) is 3.13. The van der Waals surface area contributed by atoms with Crippen LogP contribution in [0.3, 0.4) is 0 Å². The van der Waals surface area contributed by atoms with Crippen LogP contribution in [0.4, 0.5) is 5.69 Å². The van der Waals surface area contributed by atoms with Crippen LogP contribution in [0.15, 0.2) is 28.8 Å². The Morgan fingerprint density at radius 3 is 3.14 bits per heavy atom. The van der Waals surface area contributed by atoms with Crippen LogP contribution in [-0.2, 0) is 11.2 Å². The quantitative estimate of drug-likeness (QED) is 0.869. The first-order valence-corrected chi connectivity index (χ1v) is 6.79. The van der Waals surface area contributed by atoms with Crippen molar-refractivity contribution in [3.8, 4) is 5.75 Å². The standard InChI is InChI=1S/C14H16N4O3/c1-9-17-13(21-18-9)6-7-15-14(19)12-8-16-10-4-2-3-5-11(10)20-12/h2-5,12,16H,6-8H2,1H3,(H,15,19). The molecule has 0 bridgehead atoms. The normalized spacial score (nSPS) is 16.5. The number of para-hydroxylation sites is 2. The lowest BCUT2D eigenvalue weighted by Crippen LogP contribution is -2.45. The number of rotatable bonds is 4. The lowest BCUT2D eigenvalue weighted by atomic mass is 10.2. The van der Waals surface area contributed by atoms with Crippen molar-refractivity contribution in [1.29, 1.82) is 0 Å². The van der Waals surface area contributed by atoms with Crippen molar-refractivity contribution in [1.82, 2.24) is 15.5 Å². The number of nitrogens with one attached hydrogen (secondary N) is 2. The van der Waals surface area contributed by atoms with Gasteiger partial charge in [-0.25, -0.2) is 0 Å². The average Bonchev–Trinajstić information content (AvgIpc) is 2.92. The molecule has 0 saturated carbocycles. The van der Waals surface area contributed by atoms with Gasteiger partial charge in [-0.05, 0) is 19.1 Å². The second kappa shape index (κ2) is 5.82. The molecule has 1 unspecified atom stereocenters. The summed E-state index contributed by atoms with van der Waals surface area (Å²) in [5.74, 6) is 1.64. The molecule has 7 nitrogen and oxygen atoms in total. The first-order chi connectivity index (χ1) is 10.2. The fraction of sp³-hybridized carbons (Fsp3) is 0.357. The summed E-state index contributed by atoms with van der Waals surface area (Å²) in [4.78, 5) is 16.1. The van der Waals surface area contributed by atoms with Crippen molar-refractivity contribution in [2.45, 2.75) is 19.4 Å². The summed E-state index contributed by atoms with van der Waals surface area (Å²) < 4.78 is 10.7. The average molecular weight is 288 g/mol. The number of aromatic nitrogens is 2. The van der Waals surface area contributed by atoms with Gasteiger partial charge in [0, 0.05) is 13.0 Å². The lowest BCUT2D eigenvalue weighted by molar-refractivity contribution is -0.127. The van der Waals surface area contributed by atoms with E-state index in [0.717, 1.165) is 5.69 Å². The molecular formula is C14H16N4O3. The molecular weight excluding hydrogens is 272 g/mol. The topological polar surface area (TPSA) is 89.3 Å². The van der Waals surface area contributed by atoms with Crippen molar-refractivity contribution in [2.24, 2.45) is 0 Å². The van der Waals surface area contributed by atoms with E-state index in [9.17, 15) is 4.79 Å². The molecule has 2 heterocycles. The van der Waals surface area contributed by atoms with Crippen molar-refractivity contribution in [3.63, 3.8) is 0 Å². The fourth-order valence-corrected chi connectivity index (χ4v) is 2.11. The summed E-state index contributed by atoms with van der Waals surface area (Å²) in [5.41, 5.74) is 0.905. The van der Waals surface area contributed by atoms with Gasteiger partial charge in [0.1, 0.15) is 5.75 Å². The van der Waals surface area contributed by atoms with Crippen LogP contribution in [0, 0.1) is 6.92 Å². The third kappa shape index (κ3) is 3.13. The number of carbonyl (C=O) groups is 1. The molecule has 110 valence electrons. The summed E-state index contributed by atoms with van der Waals surface area (Å²) in [7, 11) is 0. The van der Waals surface area contributed by atoms with E-state index in [-0.39, 0.29) is 5.91 Å². The molecule has 0 fully saturated rings. The molecule has 2 N–H and O–H groups in total. The Morgan fingerprint density at radius 1 is 1.48 bits per heavy atom. The molecule has 7 heteroatoms. The number of hydrogen-bond donors (Lipinski definition) is 2. The molecule has 1 aromatic carbocycles. The van der Waals surface area contributed by atoms with Crippen molar-refractivity contribution < 1.29 is 14.1 Å². The summed E-state index contributed by atoms with van der Waals surface area (Å²) in [5, 5.41) is 9.68. The Morgan fingerprint density at radius 2 is 2.33 bits per heavy atom. The largest absolute Gasteiger partial charge is 0.477 e. The number of aryl methyl sites for hydroxylation is 1. The zero-order valence-electron chi connectivity index (χ0n) is 11.6. The van der Waals surface area contributed by atoms with E-state index in [1.54, 1.807) is 6.92 Å². The van der Waals surface area contributed by atoms with E-state index < -0.39 is 6.10 Å². The van der Waals surface area contributed by atoms with E-state index in [2.05, 4.69) is 20.8 Å². The first-order valence-electron chi connectivity index (χ1n) is 6.79. The zero-order valence-corrected chi connectivity index (χ0v) is 11.6. The number of anilines is 1. The Kier molecular flexibility index (Phi) is 3.72. The third-order valence-corrected chi connectivity index (χ3v) is 3.13. The van der Waals surface area contributed by atoms with Crippen LogP contribution < -0.4 is 15.4 Å². The maximum absolute atomic E-state index is 12.1. The van der Waals surface area contributed by atoms with E-state index >= 15 is 0 Å². The predicted octanol–water partition coefficient (Wildman–Crippen LogP) is 0.910. The zero-order chi connectivity index (χ0) is 14.7. The van der Waals surface area contributed by atoms with E-state index in [4.69, 9.17) is 9.26 Å². The van der Waals surface area contributed by atoms with Gasteiger partial charge < -0.3 is 19.9 Å². The van der Waals surface area contributed by atoms with Gasteiger partial charge in [-0.15, -0.1) is 0 Å². The highest BCUT2D eigenvalue weighted by Crippen LogP contribution is 2.28. The first kappa shape index (κ1) is 13.4. The number of fused-ring (bicyclic) bond motifs is 1. The predicted molar refractivity (Wildman–Crippen MR) is 75.1 cm³/mol. The van der Waals surface area contributed by atoms with E-state index in [1.807, 2.05) is 24.3 Å². The van der Waals surface area contributed by atoms with Gasteiger partial charge in [0.15, 0.2) is 11.9 Å². The van der Waals surface area contributed by atoms with Gasteiger partial charge in [-0.1, -0.05) is 17.3 Å². The molecule has 0 saturated heterocycles. The van der Waals surface area contributed by atoms with Crippen molar-refractivity contribution >= 4 is 11.6 Å². The minimum absolute atomic E-state index is 0.159. The molecule has 1 aliphatic heterocycles. The summed E-state index contributed by atoms with van der Waals surface area (Å²) >= 11 is 0. The smallest absolute Gasteiger partial charge is 0.262 e. The van der Waals surface area contributed by atoms with Gasteiger partial charge >= 0.3 is 0 Å². The Bertz CT molecular complexity index is 641. The van der Waals surface area contributed by atoms with Crippen LogP contribution in [0.25, 0.3) is 0 Å². The minimum Gasteiger partial charge on any atom is -0.477 e. The molecule has 1 aromatic heterocycles. The Hall–Kier alpha value is -2.57. The molecule has 0 radical (unpaired) electrons. The summed E-state index contributed by atoms with van der Waals surface area (Å²) in [6, 6.07) is 7.55. The summed E-state index contributed by atoms with van der Waals surface area (Å²) in [6.07, 6.45) is -0.0344. The van der Waals surface area contributed by atoms with Gasteiger partial charge in [-0.3, -0.25) is 4.79 Å². The van der Waals surface area contributed by atoms with Gasteiger partial charge in [0.2, 0.25) is 5.89 Å². The number of amides is 1. The number of benzene rings is 1. The SMILES string of the molecule is Cc1noc(CCNC(=O)C2CNc3ccccc3O2)n1. The monoisotopic (exact) mass is 288 g/mol. The number of carbonyl (C=O) groups excluding carboxylic acids is 1. The number of ether oxygens (including phenoxy) is 1. The maximum atomic E-state index is 12.1. The van der Waals surface area contributed by atoms with Crippen molar-refractivity contribution in [3.05, 3.63) is 36.0 Å². The highest BCUT2D eigenvalue weighted by molar-refractivity contribution is 5.83. The van der Waals surface area contributed by atoms with Gasteiger partial charge in [0.05, 0.1) is 12.2 Å². The molecule has 1 atom stereocenters. The molecule has 1 aliphatic rings. The molecule has 1 amide bonds. The second-order valence-corrected chi connectivity index (χ2v) is 4.76. The molecule has 0 spiro atoms. The molecule has 3 rings (SSSR count). The lowest BCUT2D eigenvalue weighted by Gasteiger charge is -2.26. The molecule has 0 aliphatic carbocycles. The maximum Gasteiger partial charge on any atom is 0.262 e. The van der Waals surface area contributed by atoms with E-state index in [1.165, 1.54) is 0 Å². The minimum atomic E-state index is -0.538. The van der Waals surface area contributed by atoms with Crippen LogP contribution in [-0.4, -0.2) is 35.2 Å². The van der Waals surface area contributed by atoms with Gasteiger partial charge in [0.25, 0.3) is 5.91 Å².